The second-order valence-corrected chi connectivity index (χ2v) is 5.60. The SMILES string of the molecule is C[C@@H](C(=O)Nc1cc(Cl)cc(Cl)c1)[n+]1cccc(C(N)=O)c1. The summed E-state index contributed by atoms with van der Waals surface area (Å²) in [5, 5.41) is 3.58. The van der Waals surface area contributed by atoms with Gasteiger partial charge in [-0.3, -0.25) is 9.59 Å². The highest BCUT2D eigenvalue weighted by atomic mass is 35.5. The Hall–Kier alpha value is -2.11. The average Bonchev–Trinajstić information content (AvgIpc) is 2.45. The van der Waals surface area contributed by atoms with Gasteiger partial charge < -0.3 is 11.1 Å². The molecule has 0 bridgehead atoms. The monoisotopic (exact) mass is 338 g/mol. The molecule has 0 unspecified atom stereocenters. The van der Waals surface area contributed by atoms with Crippen molar-refractivity contribution < 1.29 is 14.2 Å². The van der Waals surface area contributed by atoms with E-state index in [1.165, 1.54) is 6.20 Å². The highest BCUT2D eigenvalue weighted by Gasteiger charge is 2.23. The van der Waals surface area contributed by atoms with Crippen molar-refractivity contribution in [3.8, 4) is 0 Å². The second kappa shape index (κ2) is 6.77. The van der Waals surface area contributed by atoms with Gasteiger partial charge in [0.25, 0.3) is 11.8 Å². The normalized spacial score (nSPS) is 11.8. The van der Waals surface area contributed by atoms with Crippen LogP contribution in [0.1, 0.15) is 23.3 Å². The first-order valence-corrected chi connectivity index (χ1v) is 7.20. The van der Waals surface area contributed by atoms with Crippen LogP contribution < -0.4 is 15.6 Å². The van der Waals surface area contributed by atoms with Crippen LogP contribution in [-0.2, 0) is 4.79 Å². The molecule has 0 spiro atoms. The van der Waals surface area contributed by atoms with Crippen molar-refractivity contribution in [3.05, 3.63) is 58.3 Å². The summed E-state index contributed by atoms with van der Waals surface area (Å²) in [6.07, 6.45) is 3.21. The van der Waals surface area contributed by atoms with Crippen LogP contribution in [0.3, 0.4) is 0 Å². The van der Waals surface area contributed by atoms with Gasteiger partial charge in [0.1, 0.15) is 5.56 Å². The number of hydrogen-bond acceptors (Lipinski definition) is 2. The molecular weight excluding hydrogens is 325 g/mol. The van der Waals surface area contributed by atoms with E-state index in [0.717, 1.165) is 0 Å². The lowest BCUT2D eigenvalue weighted by atomic mass is 10.2. The van der Waals surface area contributed by atoms with Crippen molar-refractivity contribution in [2.45, 2.75) is 13.0 Å². The van der Waals surface area contributed by atoms with Gasteiger partial charge >= 0.3 is 0 Å². The van der Waals surface area contributed by atoms with E-state index in [1.54, 1.807) is 48.0 Å². The summed E-state index contributed by atoms with van der Waals surface area (Å²) in [5.74, 6) is -0.825. The molecule has 1 aromatic carbocycles. The first-order chi connectivity index (χ1) is 10.4. The molecule has 5 nitrogen and oxygen atoms in total. The van der Waals surface area contributed by atoms with E-state index >= 15 is 0 Å². The maximum absolute atomic E-state index is 12.3. The van der Waals surface area contributed by atoms with Crippen molar-refractivity contribution in [2.24, 2.45) is 5.73 Å². The Morgan fingerprint density at radius 2 is 1.86 bits per heavy atom. The minimum Gasteiger partial charge on any atom is -0.365 e. The van der Waals surface area contributed by atoms with Crippen LogP contribution in [0.15, 0.2) is 42.7 Å². The number of amides is 2. The third-order valence-corrected chi connectivity index (χ3v) is 3.50. The quantitative estimate of drug-likeness (QED) is 0.840. The summed E-state index contributed by atoms with van der Waals surface area (Å²) in [6, 6.07) is 7.47. The van der Waals surface area contributed by atoms with Crippen LogP contribution >= 0.6 is 23.2 Å². The van der Waals surface area contributed by atoms with Crippen molar-refractivity contribution in [3.63, 3.8) is 0 Å². The highest BCUT2D eigenvalue weighted by Crippen LogP contribution is 2.22. The highest BCUT2D eigenvalue weighted by molar-refractivity contribution is 6.35. The van der Waals surface area contributed by atoms with E-state index in [-0.39, 0.29) is 5.91 Å². The first-order valence-electron chi connectivity index (χ1n) is 6.44. The largest absolute Gasteiger partial charge is 0.365 e. The third-order valence-electron chi connectivity index (χ3n) is 3.06. The van der Waals surface area contributed by atoms with Gasteiger partial charge in [-0.05, 0) is 24.3 Å². The molecular formula is C15H14Cl2N3O2+. The Kier molecular flexibility index (Phi) is 5.00. The molecule has 0 fully saturated rings. The molecule has 7 heteroatoms. The predicted molar refractivity (Wildman–Crippen MR) is 85.0 cm³/mol. The Balaban J connectivity index is 2.18. The molecule has 114 valence electrons. The number of hydrogen-bond donors (Lipinski definition) is 2. The summed E-state index contributed by atoms with van der Waals surface area (Å²) in [5.41, 5.74) is 6.06. The van der Waals surface area contributed by atoms with Crippen LogP contribution in [0, 0.1) is 0 Å². The lowest BCUT2D eigenvalue weighted by Crippen LogP contribution is -2.44. The van der Waals surface area contributed by atoms with Gasteiger partial charge in [-0.2, -0.15) is 4.57 Å². The molecule has 2 rings (SSSR count). The third kappa shape index (κ3) is 3.96. The number of nitrogens with zero attached hydrogens (tertiary/aromatic N) is 1. The minimum atomic E-state index is -0.552. The molecule has 0 aliphatic carbocycles. The number of nitrogens with one attached hydrogen (secondary N) is 1. The molecule has 1 aromatic heterocycles. The zero-order valence-electron chi connectivity index (χ0n) is 11.7. The van der Waals surface area contributed by atoms with Crippen molar-refractivity contribution in [2.75, 3.05) is 5.32 Å². The molecule has 1 heterocycles. The summed E-state index contributed by atoms with van der Waals surface area (Å²) in [6.45, 7) is 1.70. The fourth-order valence-electron chi connectivity index (χ4n) is 1.89. The van der Waals surface area contributed by atoms with E-state index in [0.29, 0.717) is 21.3 Å². The van der Waals surface area contributed by atoms with Crippen LogP contribution in [0.4, 0.5) is 5.69 Å². The molecule has 3 N–H and O–H groups in total. The lowest BCUT2D eigenvalue weighted by molar-refractivity contribution is -0.705. The maximum atomic E-state index is 12.3. The van der Waals surface area contributed by atoms with Crippen LogP contribution in [0.5, 0.6) is 0 Å². The molecule has 1 atom stereocenters. The molecule has 0 radical (unpaired) electrons. The van der Waals surface area contributed by atoms with E-state index in [4.69, 9.17) is 28.9 Å². The number of carbonyl (C=O) groups is 2. The summed E-state index contributed by atoms with van der Waals surface area (Å²) < 4.78 is 1.60. The Morgan fingerprint density at radius 1 is 1.23 bits per heavy atom. The zero-order chi connectivity index (χ0) is 16.3. The van der Waals surface area contributed by atoms with E-state index in [2.05, 4.69) is 5.32 Å². The Bertz CT molecular complexity index is 714. The van der Waals surface area contributed by atoms with E-state index < -0.39 is 11.9 Å². The minimum absolute atomic E-state index is 0.273. The number of pyridine rings is 1. The molecule has 0 aliphatic rings. The van der Waals surface area contributed by atoms with Crippen LogP contribution in [0.2, 0.25) is 10.0 Å². The summed E-state index contributed by atoms with van der Waals surface area (Å²) in [4.78, 5) is 23.5. The lowest BCUT2D eigenvalue weighted by Gasteiger charge is -2.10. The summed E-state index contributed by atoms with van der Waals surface area (Å²) >= 11 is 11.8. The smallest absolute Gasteiger partial charge is 0.293 e. The molecule has 0 saturated heterocycles. The fraction of sp³-hybridized carbons (Fsp3) is 0.133. The first kappa shape index (κ1) is 16.3. The van der Waals surface area contributed by atoms with E-state index in [1.807, 2.05) is 0 Å². The Labute approximate surface area is 137 Å². The van der Waals surface area contributed by atoms with Crippen molar-refractivity contribution in [1.82, 2.24) is 0 Å². The van der Waals surface area contributed by atoms with Crippen molar-refractivity contribution in [1.29, 1.82) is 0 Å². The van der Waals surface area contributed by atoms with Gasteiger partial charge in [0.05, 0.1) is 0 Å². The number of halogens is 2. The molecule has 22 heavy (non-hydrogen) atoms. The average molecular weight is 339 g/mol. The number of carbonyl (C=O) groups excluding carboxylic acids is 2. The maximum Gasteiger partial charge on any atom is 0.293 e. The van der Waals surface area contributed by atoms with Gasteiger partial charge in [0, 0.05) is 28.7 Å². The molecule has 0 aliphatic heterocycles. The number of nitrogens with two attached hydrogens (primary N) is 1. The number of primary amides is 1. The zero-order valence-corrected chi connectivity index (χ0v) is 13.2. The molecule has 2 aromatic rings. The number of benzene rings is 1. The Morgan fingerprint density at radius 3 is 2.45 bits per heavy atom. The second-order valence-electron chi connectivity index (χ2n) is 4.73. The number of aromatic nitrogens is 1. The van der Waals surface area contributed by atoms with Gasteiger partial charge in [-0.1, -0.05) is 23.2 Å². The standard InChI is InChI=1S/C15H13Cl2N3O2/c1-9(20-4-2-3-10(8-20)14(18)21)15(22)19-13-6-11(16)5-12(17)7-13/h2-9H,1H3,(H2-,18,19,21,22)/p+1/t9-/m0/s1. The van der Waals surface area contributed by atoms with Gasteiger partial charge in [-0.25, -0.2) is 0 Å². The van der Waals surface area contributed by atoms with Crippen LogP contribution in [-0.4, -0.2) is 11.8 Å². The molecule has 2 amide bonds. The number of rotatable bonds is 4. The topological polar surface area (TPSA) is 76.1 Å². The van der Waals surface area contributed by atoms with Gasteiger partial charge in [-0.15, -0.1) is 0 Å². The predicted octanol–water partition coefficient (Wildman–Crippen LogP) is 2.58. The van der Waals surface area contributed by atoms with Crippen LogP contribution in [0.25, 0.3) is 0 Å². The van der Waals surface area contributed by atoms with Crippen molar-refractivity contribution >= 4 is 40.7 Å². The number of anilines is 1. The summed E-state index contributed by atoms with van der Waals surface area (Å²) in [7, 11) is 0. The molecule has 0 saturated carbocycles. The van der Waals surface area contributed by atoms with E-state index in [9.17, 15) is 9.59 Å². The van der Waals surface area contributed by atoms with Gasteiger partial charge in [0.2, 0.25) is 6.04 Å². The fourth-order valence-corrected chi connectivity index (χ4v) is 2.41. The van der Waals surface area contributed by atoms with Gasteiger partial charge in [0.15, 0.2) is 12.4 Å².